The highest BCUT2D eigenvalue weighted by Crippen LogP contribution is 2.28. The molecule has 0 fully saturated rings. The third kappa shape index (κ3) is 4.54. The van der Waals surface area contributed by atoms with Crippen LogP contribution in [-0.2, 0) is 6.54 Å². The van der Waals surface area contributed by atoms with Crippen molar-refractivity contribution in [3.63, 3.8) is 0 Å². The molecule has 0 aliphatic carbocycles. The van der Waals surface area contributed by atoms with Gasteiger partial charge in [0.05, 0.1) is 35.8 Å². The average Bonchev–Trinajstić information content (AvgIpc) is 3.00. The van der Waals surface area contributed by atoms with E-state index in [1.807, 2.05) is 51.1 Å². The summed E-state index contributed by atoms with van der Waals surface area (Å²) in [6.07, 6.45) is 0. The number of ether oxygens (including phenoxy) is 2. The summed E-state index contributed by atoms with van der Waals surface area (Å²) < 4.78 is 12.6. The quantitative estimate of drug-likeness (QED) is 0.620. The first kappa shape index (κ1) is 20.7. The van der Waals surface area contributed by atoms with Gasteiger partial charge in [0.2, 0.25) is 0 Å². The summed E-state index contributed by atoms with van der Waals surface area (Å²) in [4.78, 5) is 12.5. The van der Waals surface area contributed by atoms with E-state index in [1.165, 1.54) is 0 Å². The van der Waals surface area contributed by atoms with Crippen LogP contribution in [0.4, 0.5) is 0 Å². The number of hydrogen-bond acceptors (Lipinski definition) is 4. The summed E-state index contributed by atoms with van der Waals surface area (Å²) >= 11 is 6.21. The van der Waals surface area contributed by atoms with Crippen molar-refractivity contribution in [3.8, 4) is 17.2 Å². The number of benzene rings is 2. The molecule has 3 rings (SSSR count). The van der Waals surface area contributed by atoms with Gasteiger partial charge in [0.25, 0.3) is 5.91 Å². The molecule has 0 aliphatic rings. The van der Waals surface area contributed by atoms with E-state index >= 15 is 0 Å². The van der Waals surface area contributed by atoms with Crippen LogP contribution >= 0.6 is 11.6 Å². The molecule has 29 heavy (non-hydrogen) atoms. The number of aromatic nitrogens is 2. The number of carbonyl (C=O) groups excluding carboxylic acids is 1. The Balaban J connectivity index is 1.67. The van der Waals surface area contributed by atoms with Crippen LogP contribution in [0, 0.1) is 13.8 Å². The molecule has 6 nitrogen and oxygen atoms in total. The van der Waals surface area contributed by atoms with E-state index in [0.717, 1.165) is 22.6 Å². The maximum Gasteiger partial charge on any atom is 0.251 e. The Bertz CT molecular complexity index is 1010. The SMILES string of the molecule is CCOc1ccc(CNC(=O)c2ccc(-n3nc(C)c(Cl)c3C)cc2)cc1OC. The lowest BCUT2D eigenvalue weighted by Crippen LogP contribution is -2.22. The minimum Gasteiger partial charge on any atom is -0.493 e. The summed E-state index contributed by atoms with van der Waals surface area (Å²) in [7, 11) is 1.60. The van der Waals surface area contributed by atoms with Gasteiger partial charge >= 0.3 is 0 Å². The third-order valence-corrected chi connectivity index (χ3v) is 5.11. The maximum atomic E-state index is 12.5. The third-order valence-electron chi connectivity index (χ3n) is 4.56. The van der Waals surface area contributed by atoms with Crippen molar-refractivity contribution in [2.45, 2.75) is 27.3 Å². The van der Waals surface area contributed by atoms with E-state index in [0.29, 0.717) is 35.2 Å². The highest BCUT2D eigenvalue weighted by molar-refractivity contribution is 6.31. The molecule has 0 spiro atoms. The molecule has 152 valence electrons. The van der Waals surface area contributed by atoms with Gasteiger partial charge < -0.3 is 14.8 Å². The Kier molecular flexibility index (Phi) is 6.44. The van der Waals surface area contributed by atoms with Crippen LogP contribution in [0.15, 0.2) is 42.5 Å². The molecule has 0 aliphatic heterocycles. The summed E-state index contributed by atoms with van der Waals surface area (Å²) in [5.74, 6) is 1.17. The van der Waals surface area contributed by atoms with Crippen molar-refractivity contribution in [1.82, 2.24) is 15.1 Å². The molecule has 0 saturated carbocycles. The fourth-order valence-corrected chi connectivity index (χ4v) is 3.13. The largest absolute Gasteiger partial charge is 0.493 e. The molecule has 1 heterocycles. The fraction of sp³-hybridized carbons (Fsp3) is 0.273. The maximum absolute atomic E-state index is 12.5. The van der Waals surface area contributed by atoms with Crippen LogP contribution in [0.2, 0.25) is 5.02 Å². The minimum absolute atomic E-state index is 0.157. The first-order valence-corrected chi connectivity index (χ1v) is 9.72. The van der Waals surface area contributed by atoms with Gasteiger partial charge in [-0.1, -0.05) is 17.7 Å². The number of nitrogens with one attached hydrogen (secondary N) is 1. The lowest BCUT2D eigenvalue weighted by molar-refractivity contribution is 0.0951. The first-order chi connectivity index (χ1) is 13.9. The van der Waals surface area contributed by atoms with Gasteiger partial charge in [0.15, 0.2) is 11.5 Å². The highest BCUT2D eigenvalue weighted by atomic mass is 35.5. The van der Waals surface area contributed by atoms with Crippen molar-refractivity contribution in [3.05, 3.63) is 70.0 Å². The van der Waals surface area contributed by atoms with Crippen molar-refractivity contribution >= 4 is 17.5 Å². The molecular formula is C22H24ClN3O3. The topological polar surface area (TPSA) is 65.4 Å². The fourth-order valence-electron chi connectivity index (χ4n) is 3.01. The average molecular weight is 414 g/mol. The Morgan fingerprint density at radius 2 is 1.86 bits per heavy atom. The zero-order valence-electron chi connectivity index (χ0n) is 17.0. The highest BCUT2D eigenvalue weighted by Gasteiger charge is 2.12. The predicted molar refractivity (Wildman–Crippen MR) is 113 cm³/mol. The van der Waals surface area contributed by atoms with Gasteiger partial charge in [-0.15, -0.1) is 0 Å². The summed E-state index contributed by atoms with van der Waals surface area (Å²) in [6, 6.07) is 12.9. The number of hydrogen-bond donors (Lipinski definition) is 1. The molecule has 0 atom stereocenters. The molecule has 0 unspecified atom stereocenters. The summed E-state index contributed by atoms with van der Waals surface area (Å²) in [6.45, 7) is 6.64. The molecule has 0 saturated heterocycles. The molecule has 1 aromatic heterocycles. The number of halogens is 1. The second-order valence-corrected chi connectivity index (χ2v) is 6.92. The van der Waals surface area contributed by atoms with Gasteiger partial charge in [-0.25, -0.2) is 4.68 Å². The van der Waals surface area contributed by atoms with Gasteiger partial charge in [-0.3, -0.25) is 4.79 Å². The minimum atomic E-state index is -0.157. The molecule has 0 bridgehead atoms. The second-order valence-electron chi connectivity index (χ2n) is 6.54. The van der Waals surface area contributed by atoms with E-state index in [2.05, 4.69) is 10.4 Å². The molecule has 1 amide bonds. The number of aryl methyl sites for hydroxylation is 1. The Hall–Kier alpha value is -2.99. The Morgan fingerprint density at radius 1 is 1.14 bits per heavy atom. The van der Waals surface area contributed by atoms with Gasteiger partial charge in [-0.05, 0) is 62.7 Å². The number of nitrogens with zero attached hydrogens (tertiary/aromatic N) is 2. The lowest BCUT2D eigenvalue weighted by Gasteiger charge is -2.12. The van der Waals surface area contributed by atoms with Crippen molar-refractivity contribution in [2.24, 2.45) is 0 Å². The summed E-state index contributed by atoms with van der Waals surface area (Å²) in [5, 5.41) is 8.00. The van der Waals surface area contributed by atoms with Crippen molar-refractivity contribution in [1.29, 1.82) is 0 Å². The van der Waals surface area contributed by atoms with Crippen LogP contribution in [0.3, 0.4) is 0 Å². The Morgan fingerprint density at radius 3 is 2.45 bits per heavy atom. The van der Waals surface area contributed by atoms with Crippen LogP contribution in [0.25, 0.3) is 5.69 Å². The number of rotatable bonds is 7. The van der Waals surface area contributed by atoms with Gasteiger partial charge in [0.1, 0.15) is 0 Å². The monoisotopic (exact) mass is 413 g/mol. The predicted octanol–water partition coefficient (Wildman–Crippen LogP) is 4.48. The number of amides is 1. The molecule has 0 radical (unpaired) electrons. The van der Waals surface area contributed by atoms with Crippen LogP contribution < -0.4 is 14.8 Å². The van der Waals surface area contributed by atoms with Crippen molar-refractivity contribution in [2.75, 3.05) is 13.7 Å². The standard InChI is InChI=1S/C22H24ClN3O3/c1-5-29-19-11-6-16(12-20(19)28-4)13-24-22(27)17-7-9-18(10-8-17)26-15(3)21(23)14(2)25-26/h6-12H,5,13H2,1-4H3,(H,24,27). The molecule has 7 heteroatoms. The van der Waals surface area contributed by atoms with Crippen LogP contribution in [0.5, 0.6) is 11.5 Å². The smallest absolute Gasteiger partial charge is 0.251 e. The first-order valence-electron chi connectivity index (χ1n) is 9.34. The van der Waals surface area contributed by atoms with E-state index in [1.54, 1.807) is 23.9 Å². The summed E-state index contributed by atoms with van der Waals surface area (Å²) in [5.41, 5.74) is 3.99. The van der Waals surface area contributed by atoms with Gasteiger partial charge in [0, 0.05) is 12.1 Å². The zero-order chi connectivity index (χ0) is 21.0. The molecular weight excluding hydrogens is 390 g/mol. The van der Waals surface area contributed by atoms with E-state index in [-0.39, 0.29) is 5.91 Å². The normalized spacial score (nSPS) is 10.7. The lowest BCUT2D eigenvalue weighted by atomic mass is 10.1. The van der Waals surface area contributed by atoms with Crippen molar-refractivity contribution < 1.29 is 14.3 Å². The zero-order valence-corrected chi connectivity index (χ0v) is 17.7. The molecule has 3 aromatic rings. The van der Waals surface area contributed by atoms with Crippen LogP contribution in [-0.4, -0.2) is 29.4 Å². The van der Waals surface area contributed by atoms with E-state index < -0.39 is 0 Å². The van der Waals surface area contributed by atoms with E-state index in [9.17, 15) is 4.79 Å². The van der Waals surface area contributed by atoms with Crippen LogP contribution in [0.1, 0.15) is 34.2 Å². The Labute approximate surface area is 175 Å². The molecule has 2 aromatic carbocycles. The number of methoxy groups -OCH3 is 1. The van der Waals surface area contributed by atoms with Gasteiger partial charge in [-0.2, -0.15) is 5.10 Å². The molecule has 1 N–H and O–H groups in total. The second kappa shape index (κ2) is 9.01. The number of carbonyl (C=O) groups is 1. The van der Waals surface area contributed by atoms with E-state index in [4.69, 9.17) is 21.1 Å².